The molecular formula is C12H24N2O. The summed E-state index contributed by atoms with van der Waals surface area (Å²) < 4.78 is 0. The molecule has 2 fully saturated rings. The van der Waals surface area contributed by atoms with Crippen molar-refractivity contribution in [1.82, 2.24) is 9.80 Å². The van der Waals surface area contributed by atoms with Crippen molar-refractivity contribution in [3.63, 3.8) is 0 Å². The largest absolute Gasteiger partial charge is 0.396 e. The Bertz CT molecular complexity index is 180. The molecule has 1 N–H and O–H groups in total. The Hall–Kier alpha value is -0.120. The highest BCUT2D eigenvalue weighted by Crippen LogP contribution is 2.19. The monoisotopic (exact) mass is 212 g/mol. The van der Waals surface area contributed by atoms with Crippen molar-refractivity contribution < 1.29 is 5.11 Å². The molecule has 0 aromatic carbocycles. The lowest BCUT2D eigenvalue weighted by molar-refractivity contribution is 0.160. The van der Waals surface area contributed by atoms with Crippen molar-refractivity contribution in [2.45, 2.75) is 38.1 Å². The predicted molar refractivity (Wildman–Crippen MR) is 62.0 cm³/mol. The third-order valence-electron chi connectivity index (χ3n) is 3.79. The van der Waals surface area contributed by atoms with Gasteiger partial charge in [0.05, 0.1) is 0 Å². The minimum Gasteiger partial charge on any atom is -0.396 e. The van der Waals surface area contributed by atoms with Crippen LogP contribution in [0.4, 0.5) is 0 Å². The van der Waals surface area contributed by atoms with E-state index in [1.807, 2.05) is 0 Å². The van der Waals surface area contributed by atoms with Crippen molar-refractivity contribution in [3.05, 3.63) is 0 Å². The molecule has 0 aromatic heterocycles. The van der Waals surface area contributed by atoms with E-state index >= 15 is 0 Å². The Balaban J connectivity index is 1.71. The lowest BCUT2D eigenvalue weighted by Gasteiger charge is -2.32. The Morgan fingerprint density at radius 3 is 2.60 bits per heavy atom. The second-order valence-electron chi connectivity index (χ2n) is 4.92. The van der Waals surface area contributed by atoms with Gasteiger partial charge in [0.15, 0.2) is 0 Å². The number of aliphatic hydroxyl groups excluding tert-OH is 1. The average Bonchev–Trinajstić information content (AvgIpc) is 2.76. The van der Waals surface area contributed by atoms with Crippen LogP contribution in [0.3, 0.4) is 0 Å². The first-order valence-electron chi connectivity index (χ1n) is 6.47. The molecule has 1 unspecified atom stereocenters. The van der Waals surface area contributed by atoms with Crippen LogP contribution < -0.4 is 0 Å². The molecule has 0 saturated carbocycles. The van der Waals surface area contributed by atoms with Crippen LogP contribution in [0.2, 0.25) is 0 Å². The van der Waals surface area contributed by atoms with E-state index in [0.29, 0.717) is 6.61 Å². The summed E-state index contributed by atoms with van der Waals surface area (Å²) in [7, 11) is 0. The van der Waals surface area contributed by atoms with Crippen LogP contribution in [0, 0.1) is 0 Å². The summed E-state index contributed by atoms with van der Waals surface area (Å²) in [6.45, 7) is 6.53. The average molecular weight is 212 g/mol. The molecule has 2 heterocycles. The number of aliphatic hydroxyl groups is 1. The van der Waals surface area contributed by atoms with Gasteiger partial charge in [0.2, 0.25) is 0 Å². The Labute approximate surface area is 93.1 Å². The Morgan fingerprint density at radius 1 is 1.07 bits per heavy atom. The van der Waals surface area contributed by atoms with Crippen LogP contribution in [0.15, 0.2) is 0 Å². The van der Waals surface area contributed by atoms with Crippen LogP contribution in [0.25, 0.3) is 0 Å². The Morgan fingerprint density at radius 2 is 1.87 bits per heavy atom. The van der Waals surface area contributed by atoms with Crippen LogP contribution in [0.1, 0.15) is 32.1 Å². The molecule has 3 heteroatoms. The van der Waals surface area contributed by atoms with Gasteiger partial charge in [-0.3, -0.25) is 4.90 Å². The van der Waals surface area contributed by atoms with Gasteiger partial charge >= 0.3 is 0 Å². The van der Waals surface area contributed by atoms with Crippen LogP contribution >= 0.6 is 0 Å². The zero-order chi connectivity index (χ0) is 10.5. The summed E-state index contributed by atoms with van der Waals surface area (Å²) in [5, 5.41) is 8.80. The van der Waals surface area contributed by atoms with Gasteiger partial charge in [-0.1, -0.05) is 6.42 Å². The maximum absolute atomic E-state index is 8.80. The summed E-state index contributed by atoms with van der Waals surface area (Å²) in [5.41, 5.74) is 0. The van der Waals surface area contributed by atoms with Crippen molar-refractivity contribution in [3.8, 4) is 0 Å². The molecule has 88 valence electrons. The molecule has 0 bridgehead atoms. The van der Waals surface area contributed by atoms with Crippen LogP contribution in [0.5, 0.6) is 0 Å². The molecule has 0 amide bonds. The number of likely N-dealkylation sites (tertiary alicyclic amines) is 2. The fourth-order valence-corrected chi connectivity index (χ4v) is 2.89. The van der Waals surface area contributed by atoms with Gasteiger partial charge < -0.3 is 10.0 Å². The summed E-state index contributed by atoms with van der Waals surface area (Å²) in [6, 6.07) is 0.809. The quantitative estimate of drug-likeness (QED) is 0.751. The molecule has 1 atom stereocenters. The zero-order valence-corrected chi connectivity index (χ0v) is 9.70. The summed E-state index contributed by atoms with van der Waals surface area (Å²) in [4.78, 5) is 5.19. The SMILES string of the molecule is OCCCN1CCC(N2CCCCC2)C1. The predicted octanol–water partition coefficient (Wildman–Crippen LogP) is 0.929. The Kier molecular flexibility index (Phi) is 4.42. The third-order valence-corrected chi connectivity index (χ3v) is 3.79. The minimum atomic E-state index is 0.338. The first-order valence-corrected chi connectivity index (χ1v) is 6.47. The summed E-state index contributed by atoms with van der Waals surface area (Å²) in [5.74, 6) is 0. The van der Waals surface area contributed by atoms with E-state index in [2.05, 4.69) is 9.80 Å². The smallest absolute Gasteiger partial charge is 0.0443 e. The van der Waals surface area contributed by atoms with Crippen LogP contribution in [-0.4, -0.2) is 60.3 Å². The molecule has 0 spiro atoms. The van der Waals surface area contributed by atoms with Crippen molar-refractivity contribution in [2.24, 2.45) is 0 Å². The highest BCUT2D eigenvalue weighted by atomic mass is 16.3. The van der Waals surface area contributed by atoms with Gasteiger partial charge in [0.25, 0.3) is 0 Å². The van der Waals surface area contributed by atoms with Crippen LogP contribution in [-0.2, 0) is 0 Å². The second kappa shape index (κ2) is 5.83. The normalized spacial score (nSPS) is 29.8. The van der Waals surface area contributed by atoms with Gasteiger partial charge in [0, 0.05) is 25.7 Å². The molecule has 3 nitrogen and oxygen atoms in total. The molecule has 2 saturated heterocycles. The molecule has 0 aromatic rings. The first kappa shape index (κ1) is 11.4. The molecular weight excluding hydrogens is 188 g/mol. The molecule has 0 aliphatic carbocycles. The maximum Gasteiger partial charge on any atom is 0.0443 e. The summed E-state index contributed by atoms with van der Waals surface area (Å²) >= 11 is 0. The van der Waals surface area contributed by atoms with Crippen molar-refractivity contribution in [1.29, 1.82) is 0 Å². The van der Waals surface area contributed by atoms with Gasteiger partial charge in [-0.15, -0.1) is 0 Å². The second-order valence-corrected chi connectivity index (χ2v) is 4.92. The topological polar surface area (TPSA) is 26.7 Å². The highest BCUT2D eigenvalue weighted by molar-refractivity contribution is 4.84. The molecule has 0 radical (unpaired) electrons. The maximum atomic E-state index is 8.80. The van der Waals surface area contributed by atoms with Gasteiger partial charge in [0.1, 0.15) is 0 Å². The molecule has 2 rings (SSSR count). The van der Waals surface area contributed by atoms with E-state index in [4.69, 9.17) is 5.11 Å². The lowest BCUT2D eigenvalue weighted by Crippen LogP contribution is -2.41. The first-order chi connectivity index (χ1) is 7.40. The standard InChI is InChI=1S/C12H24N2O/c15-10-4-6-13-9-5-12(11-13)14-7-2-1-3-8-14/h12,15H,1-11H2. The van der Waals surface area contributed by atoms with E-state index in [1.54, 1.807) is 0 Å². The third kappa shape index (κ3) is 3.16. The molecule has 2 aliphatic rings. The lowest BCUT2D eigenvalue weighted by atomic mass is 10.1. The molecule has 15 heavy (non-hydrogen) atoms. The van der Waals surface area contributed by atoms with E-state index < -0.39 is 0 Å². The van der Waals surface area contributed by atoms with Gasteiger partial charge in [-0.2, -0.15) is 0 Å². The fourth-order valence-electron chi connectivity index (χ4n) is 2.89. The van der Waals surface area contributed by atoms with E-state index in [-0.39, 0.29) is 0 Å². The highest BCUT2D eigenvalue weighted by Gasteiger charge is 2.27. The van der Waals surface area contributed by atoms with E-state index in [0.717, 1.165) is 19.0 Å². The number of hydrogen-bond acceptors (Lipinski definition) is 3. The van der Waals surface area contributed by atoms with Crippen molar-refractivity contribution in [2.75, 3.05) is 39.3 Å². The zero-order valence-electron chi connectivity index (χ0n) is 9.70. The number of hydrogen-bond donors (Lipinski definition) is 1. The summed E-state index contributed by atoms with van der Waals surface area (Å²) in [6.07, 6.45) is 6.50. The number of piperidine rings is 1. The number of nitrogens with zero attached hydrogens (tertiary/aromatic N) is 2. The van der Waals surface area contributed by atoms with Gasteiger partial charge in [-0.25, -0.2) is 0 Å². The molecule has 2 aliphatic heterocycles. The minimum absolute atomic E-state index is 0.338. The van der Waals surface area contributed by atoms with Gasteiger partial charge in [-0.05, 0) is 45.3 Å². The van der Waals surface area contributed by atoms with Crippen molar-refractivity contribution >= 4 is 0 Å². The fraction of sp³-hybridized carbons (Fsp3) is 1.00. The van der Waals surface area contributed by atoms with E-state index in [1.165, 1.54) is 51.9 Å². The number of rotatable bonds is 4. The van der Waals surface area contributed by atoms with E-state index in [9.17, 15) is 0 Å².